The van der Waals surface area contributed by atoms with Crippen molar-refractivity contribution in [3.63, 3.8) is 0 Å². The minimum Gasteiger partial charge on any atom is -0.394 e. The molecule has 0 spiro atoms. The van der Waals surface area contributed by atoms with Crippen LogP contribution in [0.15, 0.2) is 24.3 Å². The number of hydrogen-bond donors (Lipinski definition) is 3. The molecule has 0 bridgehead atoms. The molecule has 4 heteroatoms. The van der Waals surface area contributed by atoms with Crippen LogP contribution in [0.1, 0.15) is 213 Å². The molecule has 1 amide bonds. The van der Waals surface area contributed by atoms with Crippen molar-refractivity contribution in [3.8, 4) is 0 Å². The molecule has 0 saturated carbocycles. The van der Waals surface area contributed by atoms with Crippen molar-refractivity contribution in [2.75, 3.05) is 6.61 Å². The van der Waals surface area contributed by atoms with Gasteiger partial charge in [0.15, 0.2) is 0 Å². The van der Waals surface area contributed by atoms with E-state index in [1.807, 2.05) is 6.08 Å². The number of allylic oxidation sites excluding steroid dienone is 3. The summed E-state index contributed by atoms with van der Waals surface area (Å²) >= 11 is 0. The van der Waals surface area contributed by atoms with Crippen molar-refractivity contribution in [2.45, 2.75) is 225 Å². The fourth-order valence-electron chi connectivity index (χ4n) is 6.08. The van der Waals surface area contributed by atoms with Crippen LogP contribution in [0.4, 0.5) is 0 Å². The standard InChI is InChI=1S/C41H79NO3/c1-3-5-7-9-11-13-15-17-19-20-21-23-24-26-28-30-32-34-36-40(44)39(38-43)42-41(45)37-35-33-31-29-27-25-22-18-16-14-12-10-8-6-4-2/h26,28,34,36,39-40,43-44H,3-25,27,29-33,35,37-38H2,1-2H3,(H,42,45)/b28-26+,36-34+. The third-order valence-corrected chi connectivity index (χ3v) is 9.19. The molecule has 2 atom stereocenters. The molecular formula is C41H79NO3. The average molecular weight is 634 g/mol. The number of aliphatic hydroxyl groups is 2. The van der Waals surface area contributed by atoms with Crippen LogP contribution in [0.3, 0.4) is 0 Å². The van der Waals surface area contributed by atoms with Crippen LogP contribution < -0.4 is 5.32 Å². The lowest BCUT2D eigenvalue weighted by Crippen LogP contribution is -2.45. The smallest absolute Gasteiger partial charge is 0.220 e. The van der Waals surface area contributed by atoms with Gasteiger partial charge in [-0.25, -0.2) is 0 Å². The highest BCUT2D eigenvalue weighted by molar-refractivity contribution is 5.76. The molecule has 0 aliphatic rings. The van der Waals surface area contributed by atoms with E-state index >= 15 is 0 Å². The SMILES string of the molecule is CCCCCCCCCCCCCC/C=C/CC/C=C/C(O)C(CO)NC(=O)CCCCCCCCCCCCCCCCC. The van der Waals surface area contributed by atoms with E-state index in [1.54, 1.807) is 6.08 Å². The highest BCUT2D eigenvalue weighted by Crippen LogP contribution is 2.15. The van der Waals surface area contributed by atoms with Gasteiger partial charge in [0.25, 0.3) is 0 Å². The third-order valence-electron chi connectivity index (χ3n) is 9.19. The summed E-state index contributed by atoms with van der Waals surface area (Å²) in [6.45, 7) is 4.30. The maximum absolute atomic E-state index is 12.3. The van der Waals surface area contributed by atoms with Crippen molar-refractivity contribution in [3.05, 3.63) is 24.3 Å². The second kappa shape index (κ2) is 37.3. The van der Waals surface area contributed by atoms with Crippen LogP contribution in [0.5, 0.6) is 0 Å². The summed E-state index contributed by atoms with van der Waals surface area (Å²) in [6.07, 6.45) is 47.0. The quantitative estimate of drug-likeness (QED) is 0.0475. The zero-order valence-electron chi connectivity index (χ0n) is 30.4. The first-order chi connectivity index (χ1) is 22.2. The largest absolute Gasteiger partial charge is 0.394 e. The molecule has 0 aromatic carbocycles. The summed E-state index contributed by atoms with van der Waals surface area (Å²) in [4.78, 5) is 12.3. The molecule has 0 saturated heterocycles. The Morgan fingerprint density at radius 2 is 0.867 bits per heavy atom. The molecule has 2 unspecified atom stereocenters. The molecule has 0 rings (SSSR count). The molecule has 0 aliphatic heterocycles. The maximum atomic E-state index is 12.3. The third kappa shape index (κ3) is 34.0. The van der Waals surface area contributed by atoms with Gasteiger partial charge in [0.2, 0.25) is 5.91 Å². The molecule has 3 N–H and O–H groups in total. The van der Waals surface area contributed by atoms with E-state index in [9.17, 15) is 15.0 Å². The molecule has 0 heterocycles. The summed E-state index contributed by atoms with van der Waals surface area (Å²) in [5, 5.41) is 22.9. The Kier molecular flexibility index (Phi) is 36.4. The average Bonchev–Trinajstić information content (AvgIpc) is 3.04. The molecular weight excluding hydrogens is 554 g/mol. The molecule has 0 aliphatic carbocycles. The first-order valence-electron chi connectivity index (χ1n) is 20.1. The fraction of sp³-hybridized carbons (Fsp3) is 0.878. The van der Waals surface area contributed by atoms with E-state index < -0.39 is 12.1 Å². The Morgan fingerprint density at radius 3 is 1.29 bits per heavy atom. The maximum Gasteiger partial charge on any atom is 0.220 e. The minimum absolute atomic E-state index is 0.0723. The Labute approximate surface area is 281 Å². The number of hydrogen-bond acceptors (Lipinski definition) is 3. The predicted molar refractivity (Wildman–Crippen MR) is 198 cm³/mol. The van der Waals surface area contributed by atoms with Gasteiger partial charge in [0, 0.05) is 6.42 Å². The number of rotatable bonds is 36. The van der Waals surface area contributed by atoms with Crippen LogP contribution in [0.25, 0.3) is 0 Å². The highest BCUT2D eigenvalue weighted by atomic mass is 16.3. The van der Waals surface area contributed by atoms with Crippen LogP contribution in [-0.2, 0) is 4.79 Å². The molecule has 0 aromatic heterocycles. The number of carbonyl (C=O) groups is 1. The molecule has 266 valence electrons. The number of aliphatic hydroxyl groups excluding tert-OH is 2. The Bertz CT molecular complexity index is 647. The first kappa shape index (κ1) is 43.9. The lowest BCUT2D eigenvalue weighted by molar-refractivity contribution is -0.123. The number of nitrogens with one attached hydrogen (secondary N) is 1. The van der Waals surface area contributed by atoms with Gasteiger partial charge in [0.05, 0.1) is 18.8 Å². The van der Waals surface area contributed by atoms with Crippen LogP contribution >= 0.6 is 0 Å². The number of unbranched alkanes of at least 4 members (excludes halogenated alkanes) is 27. The topological polar surface area (TPSA) is 69.6 Å². The molecule has 0 aromatic rings. The lowest BCUT2D eigenvalue weighted by atomic mass is 10.0. The van der Waals surface area contributed by atoms with Gasteiger partial charge in [-0.2, -0.15) is 0 Å². The molecule has 0 fully saturated rings. The molecule has 4 nitrogen and oxygen atoms in total. The van der Waals surface area contributed by atoms with E-state index in [0.717, 1.165) is 32.1 Å². The van der Waals surface area contributed by atoms with E-state index in [4.69, 9.17) is 0 Å². The second-order valence-corrected chi connectivity index (χ2v) is 13.7. The summed E-state index contributed by atoms with van der Waals surface area (Å²) in [6, 6.07) is -0.633. The van der Waals surface area contributed by atoms with E-state index in [1.165, 1.54) is 161 Å². The molecule has 0 radical (unpaired) electrons. The zero-order chi connectivity index (χ0) is 32.9. The van der Waals surface area contributed by atoms with Crippen molar-refractivity contribution in [1.82, 2.24) is 5.32 Å². The minimum atomic E-state index is -0.856. The predicted octanol–water partition coefficient (Wildman–Crippen LogP) is 12.1. The second-order valence-electron chi connectivity index (χ2n) is 13.7. The van der Waals surface area contributed by atoms with Crippen LogP contribution in [-0.4, -0.2) is 34.9 Å². The summed E-state index contributed by atoms with van der Waals surface area (Å²) in [7, 11) is 0. The van der Waals surface area contributed by atoms with Crippen LogP contribution in [0.2, 0.25) is 0 Å². The Morgan fingerprint density at radius 1 is 0.511 bits per heavy atom. The first-order valence-corrected chi connectivity index (χ1v) is 20.1. The van der Waals surface area contributed by atoms with Gasteiger partial charge in [-0.05, 0) is 32.1 Å². The van der Waals surface area contributed by atoms with Gasteiger partial charge >= 0.3 is 0 Å². The van der Waals surface area contributed by atoms with Crippen molar-refractivity contribution < 1.29 is 15.0 Å². The fourth-order valence-corrected chi connectivity index (χ4v) is 6.08. The van der Waals surface area contributed by atoms with Gasteiger partial charge in [-0.15, -0.1) is 0 Å². The molecule has 45 heavy (non-hydrogen) atoms. The number of amides is 1. The van der Waals surface area contributed by atoms with Gasteiger partial charge < -0.3 is 15.5 Å². The van der Waals surface area contributed by atoms with Crippen molar-refractivity contribution >= 4 is 5.91 Å². The Hall–Kier alpha value is -1.13. The van der Waals surface area contributed by atoms with Gasteiger partial charge in [-0.1, -0.05) is 199 Å². The van der Waals surface area contributed by atoms with Gasteiger partial charge in [0.1, 0.15) is 0 Å². The monoisotopic (exact) mass is 634 g/mol. The van der Waals surface area contributed by atoms with Crippen molar-refractivity contribution in [1.29, 1.82) is 0 Å². The lowest BCUT2D eigenvalue weighted by Gasteiger charge is -2.19. The van der Waals surface area contributed by atoms with E-state index in [2.05, 4.69) is 31.3 Å². The normalized spacial score (nSPS) is 13.2. The summed E-state index contributed by atoms with van der Waals surface area (Å²) < 4.78 is 0. The summed E-state index contributed by atoms with van der Waals surface area (Å²) in [5.41, 5.74) is 0. The van der Waals surface area contributed by atoms with Gasteiger partial charge in [-0.3, -0.25) is 4.79 Å². The Balaban J connectivity index is 3.62. The van der Waals surface area contributed by atoms with E-state index in [0.29, 0.717) is 6.42 Å². The van der Waals surface area contributed by atoms with Crippen LogP contribution in [0, 0.1) is 0 Å². The highest BCUT2D eigenvalue weighted by Gasteiger charge is 2.17. The van der Waals surface area contributed by atoms with Crippen molar-refractivity contribution in [2.24, 2.45) is 0 Å². The summed E-state index contributed by atoms with van der Waals surface area (Å²) in [5.74, 6) is -0.0723. The number of carbonyl (C=O) groups excluding carboxylic acids is 1. The zero-order valence-corrected chi connectivity index (χ0v) is 30.4. The van der Waals surface area contributed by atoms with E-state index in [-0.39, 0.29) is 12.5 Å².